The third-order valence-corrected chi connectivity index (χ3v) is 4.77. The van der Waals surface area contributed by atoms with Crippen molar-refractivity contribution < 1.29 is 9.47 Å². The van der Waals surface area contributed by atoms with Gasteiger partial charge >= 0.3 is 0 Å². The van der Waals surface area contributed by atoms with E-state index in [9.17, 15) is 0 Å². The summed E-state index contributed by atoms with van der Waals surface area (Å²) in [6.07, 6.45) is 9.35. The molecule has 2 aromatic heterocycles. The van der Waals surface area contributed by atoms with E-state index < -0.39 is 0 Å². The number of hydrogen-bond acceptors (Lipinski definition) is 6. The van der Waals surface area contributed by atoms with Crippen molar-refractivity contribution in [3.8, 4) is 17.4 Å². The van der Waals surface area contributed by atoms with Crippen LogP contribution in [0.5, 0.6) is 17.4 Å². The molecule has 7 heteroatoms. The molecule has 0 radical (unpaired) electrons. The molecule has 4 rings (SSSR count). The van der Waals surface area contributed by atoms with Crippen molar-refractivity contribution in [2.45, 2.75) is 25.3 Å². The first-order valence-corrected chi connectivity index (χ1v) is 9.13. The van der Waals surface area contributed by atoms with Crippen molar-refractivity contribution >= 4 is 0 Å². The minimum Gasteiger partial charge on any atom is -0.497 e. The number of imidazole rings is 1. The summed E-state index contributed by atoms with van der Waals surface area (Å²) in [5, 5.41) is 0. The number of aromatic amines is 1. The van der Waals surface area contributed by atoms with Gasteiger partial charge in [-0.3, -0.25) is 9.88 Å². The molecule has 1 aliphatic rings. The van der Waals surface area contributed by atoms with Gasteiger partial charge in [-0.25, -0.2) is 9.97 Å². The Morgan fingerprint density at radius 1 is 1.19 bits per heavy atom. The zero-order valence-electron chi connectivity index (χ0n) is 15.3. The number of benzene rings is 1. The quantitative estimate of drug-likeness (QED) is 0.722. The molecule has 1 N–H and O–H groups in total. The molecule has 27 heavy (non-hydrogen) atoms. The van der Waals surface area contributed by atoms with Gasteiger partial charge in [-0.15, -0.1) is 0 Å². The fourth-order valence-electron chi connectivity index (χ4n) is 3.45. The lowest BCUT2D eigenvalue weighted by molar-refractivity contribution is 0.196. The summed E-state index contributed by atoms with van der Waals surface area (Å²) in [4.78, 5) is 18.8. The fourth-order valence-corrected chi connectivity index (χ4v) is 3.45. The average Bonchev–Trinajstić information content (AvgIpc) is 3.22. The predicted octanol–water partition coefficient (Wildman–Crippen LogP) is 3.38. The molecule has 3 heterocycles. The number of methoxy groups -OCH3 is 1. The molecule has 7 nitrogen and oxygen atoms in total. The minimum atomic E-state index is 0.350. The van der Waals surface area contributed by atoms with Gasteiger partial charge < -0.3 is 14.5 Å². The van der Waals surface area contributed by atoms with E-state index in [2.05, 4.69) is 19.9 Å². The highest BCUT2D eigenvalue weighted by atomic mass is 16.5. The average molecular weight is 365 g/mol. The van der Waals surface area contributed by atoms with Crippen LogP contribution in [0.25, 0.3) is 0 Å². The second-order valence-electron chi connectivity index (χ2n) is 6.71. The number of nitrogens with one attached hydrogen (secondary N) is 1. The normalized spacial score (nSPS) is 17.6. The number of ether oxygens (including phenoxy) is 2. The van der Waals surface area contributed by atoms with Gasteiger partial charge in [-0.2, -0.15) is 0 Å². The number of likely N-dealkylation sites (tertiary alicyclic amines) is 1. The lowest BCUT2D eigenvalue weighted by Crippen LogP contribution is -2.34. The first kappa shape index (κ1) is 17.5. The zero-order chi connectivity index (χ0) is 18.5. The van der Waals surface area contributed by atoms with Gasteiger partial charge in [0.25, 0.3) is 0 Å². The van der Waals surface area contributed by atoms with Crippen molar-refractivity contribution in [2.75, 3.05) is 20.2 Å². The number of rotatable bonds is 6. The highest BCUT2D eigenvalue weighted by molar-refractivity contribution is 5.35. The Bertz CT molecular complexity index is 868. The van der Waals surface area contributed by atoms with E-state index in [4.69, 9.17) is 14.5 Å². The van der Waals surface area contributed by atoms with Crippen molar-refractivity contribution in [3.05, 3.63) is 60.6 Å². The predicted molar refractivity (Wildman–Crippen MR) is 101 cm³/mol. The molecular formula is C20H23N5O2. The van der Waals surface area contributed by atoms with Gasteiger partial charge in [0.15, 0.2) is 0 Å². The molecule has 1 unspecified atom stereocenters. The minimum absolute atomic E-state index is 0.350. The SMILES string of the molecule is COc1cccc(Oc2cncc(C3CCCN(Cc4cnc[nH]4)C3)n2)c1. The van der Waals surface area contributed by atoms with Crippen LogP contribution in [0.1, 0.15) is 30.1 Å². The van der Waals surface area contributed by atoms with Crippen molar-refractivity contribution in [1.82, 2.24) is 24.8 Å². The molecule has 1 saturated heterocycles. The first-order valence-electron chi connectivity index (χ1n) is 9.13. The van der Waals surface area contributed by atoms with E-state index in [-0.39, 0.29) is 0 Å². The van der Waals surface area contributed by atoms with Gasteiger partial charge in [0.05, 0.1) is 25.3 Å². The van der Waals surface area contributed by atoms with Crippen LogP contribution in [0.3, 0.4) is 0 Å². The van der Waals surface area contributed by atoms with Gasteiger partial charge in [-0.1, -0.05) is 6.07 Å². The Morgan fingerprint density at radius 2 is 2.11 bits per heavy atom. The van der Waals surface area contributed by atoms with Crippen molar-refractivity contribution in [1.29, 1.82) is 0 Å². The highest BCUT2D eigenvalue weighted by Crippen LogP contribution is 2.28. The van der Waals surface area contributed by atoms with E-state index in [1.54, 1.807) is 19.6 Å². The van der Waals surface area contributed by atoms with E-state index in [1.807, 2.05) is 36.7 Å². The third-order valence-electron chi connectivity index (χ3n) is 4.77. The summed E-state index contributed by atoms with van der Waals surface area (Å²) in [6.45, 7) is 2.92. The summed E-state index contributed by atoms with van der Waals surface area (Å²) in [6, 6.07) is 7.48. The fraction of sp³-hybridized carbons (Fsp3) is 0.350. The molecule has 3 aromatic rings. The standard InChI is InChI=1S/C20H23N5O2/c1-26-17-5-2-6-18(8-17)27-20-11-21-10-19(24-20)15-4-3-7-25(12-15)13-16-9-22-14-23-16/h2,5-6,8-11,14-15H,3-4,7,12-13H2,1H3,(H,22,23). The molecule has 1 atom stereocenters. The van der Waals surface area contributed by atoms with Crippen LogP contribution in [0, 0.1) is 0 Å². The summed E-state index contributed by atoms with van der Waals surface area (Å²) in [5.41, 5.74) is 2.11. The Hall–Kier alpha value is -2.93. The molecule has 1 aliphatic heterocycles. The van der Waals surface area contributed by atoms with Crippen LogP contribution in [-0.4, -0.2) is 45.0 Å². The Balaban J connectivity index is 1.44. The van der Waals surface area contributed by atoms with E-state index in [1.165, 1.54) is 0 Å². The number of aromatic nitrogens is 4. The summed E-state index contributed by atoms with van der Waals surface area (Å²) < 4.78 is 11.1. The second kappa shape index (κ2) is 8.18. The summed E-state index contributed by atoms with van der Waals surface area (Å²) in [7, 11) is 1.64. The summed E-state index contributed by atoms with van der Waals surface area (Å²) >= 11 is 0. The lowest BCUT2D eigenvalue weighted by Gasteiger charge is -2.31. The Labute approximate surface area is 158 Å². The van der Waals surface area contributed by atoms with Gasteiger partial charge in [0, 0.05) is 43.2 Å². The van der Waals surface area contributed by atoms with Crippen LogP contribution in [0.2, 0.25) is 0 Å². The van der Waals surface area contributed by atoms with Gasteiger partial charge in [0.2, 0.25) is 5.88 Å². The van der Waals surface area contributed by atoms with Crippen LogP contribution >= 0.6 is 0 Å². The topological polar surface area (TPSA) is 76.2 Å². The number of hydrogen-bond donors (Lipinski definition) is 1. The number of nitrogens with zero attached hydrogens (tertiary/aromatic N) is 4. The zero-order valence-corrected chi connectivity index (χ0v) is 15.3. The molecule has 1 aromatic carbocycles. The molecule has 0 bridgehead atoms. The van der Waals surface area contributed by atoms with Crippen LogP contribution in [-0.2, 0) is 6.54 Å². The number of H-pyrrole nitrogens is 1. The van der Waals surface area contributed by atoms with Crippen LogP contribution < -0.4 is 9.47 Å². The van der Waals surface area contributed by atoms with Crippen molar-refractivity contribution in [2.24, 2.45) is 0 Å². The van der Waals surface area contributed by atoms with Gasteiger partial charge in [0.1, 0.15) is 11.5 Å². The Kier molecular flexibility index (Phi) is 5.29. The molecule has 140 valence electrons. The van der Waals surface area contributed by atoms with Gasteiger partial charge in [-0.05, 0) is 31.5 Å². The Morgan fingerprint density at radius 3 is 2.96 bits per heavy atom. The molecular weight excluding hydrogens is 342 g/mol. The monoisotopic (exact) mass is 365 g/mol. The highest BCUT2D eigenvalue weighted by Gasteiger charge is 2.23. The molecule has 0 amide bonds. The molecule has 0 saturated carbocycles. The maximum Gasteiger partial charge on any atom is 0.238 e. The molecule has 0 spiro atoms. The van der Waals surface area contributed by atoms with Crippen LogP contribution in [0.4, 0.5) is 0 Å². The van der Waals surface area contributed by atoms with E-state index >= 15 is 0 Å². The van der Waals surface area contributed by atoms with E-state index in [0.29, 0.717) is 17.5 Å². The lowest BCUT2D eigenvalue weighted by atomic mass is 9.95. The van der Waals surface area contributed by atoms with Crippen LogP contribution in [0.15, 0.2) is 49.2 Å². The maximum atomic E-state index is 5.88. The van der Waals surface area contributed by atoms with Crippen molar-refractivity contribution in [3.63, 3.8) is 0 Å². The second-order valence-corrected chi connectivity index (χ2v) is 6.71. The largest absolute Gasteiger partial charge is 0.497 e. The van der Waals surface area contributed by atoms with E-state index in [0.717, 1.165) is 49.6 Å². The third kappa shape index (κ3) is 4.43. The first-order chi connectivity index (χ1) is 13.3. The molecule has 1 fully saturated rings. The number of piperidine rings is 1. The molecule has 0 aliphatic carbocycles. The maximum absolute atomic E-state index is 5.88. The smallest absolute Gasteiger partial charge is 0.238 e. The summed E-state index contributed by atoms with van der Waals surface area (Å²) in [5.74, 6) is 2.29.